The zero-order chi connectivity index (χ0) is 20.1. The number of amides is 1. The molecule has 1 fully saturated rings. The first-order valence-corrected chi connectivity index (χ1v) is 9.78. The molecular formula is C23H25N5O. The number of nitrogens with one attached hydrogen (secondary N) is 3. The van der Waals surface area contributed by atoms with Crippen molar-refractivity contribution >= 4 is 17.4 Å². The molecule has 1 aromatic heterocycles. The summed E-state index contributed by atoms with van der Waals surface area (Å²) in [6.45, 7) is 0.454. The first kappa shape index (κ1) is 19.1. The first-order valence-electron chi connectivity index (χ1n) is 9.78. The topological polar surface area (TPSA) is 69.3 Å². The van der Waals surface area contributed by atoms with Gasteiger partial charge in [-0.05, 0) is 35.7 Å². The quantitative estimate of drug-likeness (QED) is 0.606. The van der Waals surface area contributed by atoms with Gasteiger partial charge in [-0.15, -0.1) is 0 Å². The summed E-state index contributed by atoms with van der Waals surface area (Å²) in [6.07, 6.45) is 2.52. The highest BCUT2D eigenvalue weighted by molar-refractivity contribution is 5.82. The zero-order valence-corrected chi connectivity index (χ0v) is 16.4. The van der Waals surface area contributed by atoms with Crippen LogP contribution in [-0.2, 0) is 11.3 Å². The Morgan fingerprint density at radius 2 is 1.76 bits per heavy atom. The highest BCUT2D eigenvalue weighted by Crippen LogP contribution is 2.22. The molecule has 6 nitrogen and oxygen atoms in total. The average molecular weight is 387 g/mol. The van der Waals surface area contributed by atoms with Crippen molar-refractivity contribution in [1.29, 1.82) is 0 Å². The number of benzene rings is 2. The van der Waals surface area contributed by atoms with Gasteiger partial charge < -0.3 is 10.2 Å². The predicted molar refractivity (Wildman–Crippen MR) is 114 cm³/mol. The monoisotopic (exact) mass is 387 g/mol. The van der Waals surface area contributed by atoms with E-state index in [-0.39, 0.29) is 18.0 Å². The van der Waals surface area contributed by atoms with E-state index in [9.17, 15) is 4.79 Å². The number of hydrogen-bond donors (Lipinski definition) is 3. The van der Waals surface area contributed by atoms with Gasteiger partial charge >= 0.3 is 0 Å². The van der Waals surface area contributed by atoms with Crippen molar-refractivity contribution in [2.75, 3.05) is 11.9 Å². The van der Waals surface area contributed by atoms with Crippen LogP contribution in [0.1, 0.15) is 23.6 Å². The molecule has 4 rings (SSSR count). The van der Waals surface area contributed by atoms with E-state index in [1.165, 1.54) is 5.56 Å². The van der Waals surface area contributed by atoms with Crippen LogP contribution in [0, 0.1) is 0 Å². The summed E-state index contributed by atoms with van der Waals surface area (Å²) in [5.74, 6) is 0.847. The molecule has 29 heavy (non-hydrogen) atoms. The summed E-state index contributed by atoms with van der Waals surface area (Å²) in [5, 5.41) is 3.00. The number of nitrogens with zero attached hydrogens (tertiary/aromatic N) is 2. The minimum absolute atomic E-state index is 0.0126. The number of hydrogen-bond acceptors (Lipinski definition) is 5. The molecule has 3 N–H and O–H groups in total. The molecule has 2 aromatic carbocycles. The average Bonchev–Trinajstić information content (AvgIpc) is 3.29. The Morgan fingerprint density at radius 3 is 2.45 bits per heavy atom. The standard InChI is InChI=1S/C23H25N5O/c1-28(19-10-6-3-7-11-19)22-13-12-17(15-24-22)16-25-23(29)21-14-20(26-27-21)18-8-4-2-5-9-18/h2-13,15,20-21,26-27H,14,16H2,1H3,(H,25,29). The van der Waals surface area contributed by atoms with Crippen LogP contribution in [0.2, 0.25) is 0 Å². The molecule has 148 valence electrons. The van der Waals surface area contributed by atoms with E-state index < -0.39 is 0 Å². The molecule has 1 saturated heterocycles. The number of pyridine rings is 1. The maximum Gasteiger partial charge on any atom is 0.238 e. The Morgan fingerprint density at radius 1 is 1.03 bits per heavy atom. The highest BCUT2D eigenvalue weighted by Gasteiger charge is 2.29. The van der Waals surface area contributed by atoms with Crippen LogP contribution >= 0.6 is 0 Å². The summed E-state index contributed by atoms with van der Waals surface area (Å²) in [4.78, 5) is 19.1. The van der Waals surface area contributed by atoms with Gasteiger partial charge in [0, 0.05) is 31.5 Å². The van der Waals surface area contributed by atoms with Gasteiger partial charge in [0.25, 0.3) is 0 Å². The number of hydrazine groups is 1. The number of anilines is 2. The van der Waals surface area contributed by atoms with E-state index in [4.69, 9.17) is 0 Å². The lowest BCUT2D eigenvalue weighted by molar-refractivity contribution is -0.123. The summed E-state index contributed by atoms with van der Waals surface area (Å²) in [7, 11) is 1.99. The van der Waals surface area contributed by atoms with Crippen molar-refractivity contribution in [2.24, 2.45) is 0 Å². The Bertz CT molecular complexity index is 931. The second-order valence-electron chi connectivity index (χ2n) is 7.18. The van der Waals surface area contributed by atoms with E-state index in [0.29, 0.717) is 6.54 Å². The van der Waals surface area contributed by atoms with E-state index in [2.05, 4.69) is 33.3 Å². The number of aromatic nitrogens is 1. The molecule has 6 heteroatoms. The van der Waals surface area contributed by atoms with Crippen molar-refractivity contribution in [2.45, 2.75) is 25.0 Å². The molecular weight excluding hydrogens is 362 g/mol. The molecule has 3 aromatic rings. The zero-order valence-electron chi connectivity index (χ0n) is 16.4. The summed E-state index contributed by atoms with van der Waals surface area (Å²) in [5.41, 5.74) is 9.53. The lowest BCUT2D eigenvalue weighted by atomic mass is 10.0. The van der Waals surface area contributed by atoms with Crippen LogP contribution < -0.4 is 21.1 Å². The number of carbonyl (C=O) groups excluding carboxylic acids is 1. The van der Waals surface area contributed by atoms with Gasteiger partial charge in [-0.2, -0.15) is 0 Å². The number of carbonyl (C=O) groups is 1. The Labute approximate surface area is 170 Å². The SMILES string of the molecule is CN(c1ccccc1)c1ccc(CNC(=O)C2CC(c3ccccc3)NN2)cn1. The van der Waals surface area contributed by atoms with Gasteiger partial charge in [-0.3, -0.25) is 4.79 Å². The molecule has 0 aliphatic carbocycles. The molecule has 1 aliphatic heterocycles. The third-order valence-electron chi connectivity index (χ3n) is 5.18. The van der Waals surface area contributed by atoms with Crippen LogP contribution in [0.3, 0.4) is 0 Å². The molecule has 0 saturated carbocycles. The third-order valence-corrected chi connectivity index (χ3v) is 5.18. The number of rotatable bonds is 6. The van der Waals surface area contributed by atoms with Crippen molar-refractivity contribution in [1.82, 2.24) is 21.2 Å². The second-order valence-corrected chi connectivity index (χ2v) is 7.18. The molecule has 1 amide bonds. The molecule has 2 heterocycles. The maximum absolute atomic E-state index is 12.5. The first-order chi connectivity index (χ1) is 14.2. The van der Waals surface area contributed by atoms with Crippen molar-refractivity contribution in [3.63, 3.8) is 0 Å². The second kappa shape index (κ2) is 8.86. The largest absolute Gasteiger partial charge is 0.351 e. The van der Waals surface area contributed by atoms with Crippen LogP contribution in [0.15, 0.2) is 79.0 Å². The van der Waals surface area contributed by atoms with E-state index in [1.54, 1.807) is 0 Å². The highest BCUT2D eigenvalue weighted by atomic mass is 16.2. The van der Waals surface area contributed by atoms with Crippen molar-refractivity contribution in [3.8, 4) is 0 Å². The molecule has 0 bridgehead atoms. The van der Waals surface area contributed by atoms with Gasteiger partial charge in [0.05, 0.1) is 0 Å². The van der Waals surface area contributed by atoms with Gasteiger partial charge in [0.1, 0.15) is 11.9 Å². The summed E-state index contributed by atoms with van der Waals surface area (Å²) in [6, 6.07) is 24.1. The van der Waals surface area contributed by atoms with Gasteiger partial charge in [0.2, 0.25) is 5.91 Å². The van der Waals surface area contributed by atoms with Crippen LogP contribution in [0.5, 0.6) is 0 Å². The van der Waals surface area contributed by atoms with Crippen molar-refractivity contribution < 1.29 is 4.79 Å². The van der Waals surface area contributed by atoms with Gasteiger partial charge in [-0.1, -0.05) is 54.6 Å². The summed E-state index contributed by atoms with van der Waals surface area (Å²) < 4.78 is 0. The van der Waals surface area contributed by atoms with Crippen LogP contribution in [-0.4, -0.2) is 24.0 Å². The van der Waals surface area contributed by atoms with Gasteiger partial charge in [-0.25, -0.2) is 15.8 Å². The molecule has 2 unspecified atom stereocenters. The lowest BCUT2D eigenvalue weighted by Gasteiger charge is -2.18. The molecule has 2 atom stereocenters. The fourth-order valence-electron chi connectivity index (χ4n) is 3.45. The van der Waals surface area contributed by atoms with E-state index >= 15 is 0 Å². The normalized spacial score (nSPS) is 18.4. The minimum atomic E-state index is -0.253. The smallest absolute Gasteiger partial charge is 0.238 e. The fraction of sp³-hybridized carbons (Fsp3) is 0.217. The predicted octanol–water partition coefficient (Wildman–Crippen LogP) is 3.07. The molecule has 0 spiro atoms. The van der Waals surface area contributed by atoms with Gasteiger partial charge in [0.15, 0.2) is 0 Å². The molecule has 0 radical (unpaired) electrons. The van der Waals surface area contributed by atoms with Crippen LogP contribution in [0.4, 0.5) is 11.5 Å². The Kier molecular flexibility index (Phi) is 5.84. The van der Waals surface area contributed by atoms with E-state index in [0.717, 1.165) is 23.5 Å². The van der Waals surface area contributed by atoms with Crippen LogP contribution in [0.25, 0.3) is 0 Å². The Hall–Kier alpha value is -3.22. The Balaban J connectivity index is 1.30. The lowest BCUT2D eigenvalue weighted by Crippen LogP contribution is -2.42. The van der Waals surface area contributed by atoms with E-state index in [1.807, 2.05) is 78.8 Å². The molecule has 1 aliphatic rings. The minimum Gasteiger partial charge on any atom is -0.351 e. The fourth-order valence-corrected chi connectivity index (χ4v) is 3.45. The van der Waals surface area contributed by atoms with Crippen molar-refractivity contribution in [3.05, 3.63) is 90.1 Å². The third kappa shape index (κ3) is 4.62. The maximum atomic E-state index is 12.5. The summed E-state index contributed by atoms with van der Waals surface area (Å²) >= 11 is 0. The number of para-hydroxylation sites is 1.